The quantitative estimate of drug-likeness (QED) is 0.578. The van der Waals surface area contributed by atoms with E-state index in [2.05, 4.69) is 41.6 Å². The van der Waals surface area contributed by atoms with E-state index in [4.69, 9.17) is 22.2 Å². The minimum Gasteiger partial charge on any atom is -0.467 e. The van der Waals surface area contributed by atoms with Crippen LogP contribution in [0.25, 0.3) is 0 Å². The fraction of sp³-hybridized carbons (Fsp3) is 0.100. The predicted octanol–water partition coefficient (Wildman–Crippen LogP) is 2.33. The molecule has 0 aliphatic heterocycles. The Morgan fingerprint density at radius 2 is 2.00 bits per heavy atom. The van der Waals surface area contributed by atoms with Gasteiger partial charge in [0.2, 0.25) is 11.9 Å². The normalized spacial score (nSPS) is 10.1. The van der Waals surface area contributed by atoms with Crippen molar-refractivity contribution in [3.63, 3.8) is 0 Å². The molecule has 0 amide bonds. The SMILES string of the molecule is COc1nc(NN)nc(Nc2cc(Br)ccc2Cl)n1. The lowest BCUT2D eigenvalue weighted by Gasteiger charge is -2.09. The predicted molar refractivity (Wildman–Crippen MR) is 76.6 cm³/mol. The molecule has 2 aromatic rings. The summed E-state index contributed by atoms with van der Waals surface area (Å²) in [6, 6.07) is 5.51. The number of anilines is 3. The molecule has 0 radical (unpaired) electrons. The van der Waals surface area contributed by atoms with Crippen molar-refractivity contribution >= 4 is 45.1 Å². The second kappa shape index (κ2) is 6.00. The summed E-state index contributed by atoms with van der Waals surface area (Å²) < 4.78 is 5.82. The van der Waals surface area contributed by atoms with Crippen molar-refractivity contribution in [2.75, 3.05) is 17.9 Å². The molecule has 2 rings (SSSR count). The highest BCUT2D eigenvalue weighted by molar-refractivity contribution is 9.10. The molecule has 0 fully saturated rings. The first-order valence-corrected chi connectivity index (χ1v) is 6.28. The molecule has 1 aromatic heterocycles. The molecule has 0 bridgehead atoms. The van der Waals surface area contributed by atoms with Crippen LogP contribution in [0.1, 0.15) is 0 Å². The molecular formula is C10H10BrClN6O. The molecule has 1 heterocycles. The molecular weight excluding hydrogens is 336 g/mol. The van der Waals surface area contributed by atoms with Gasteiger partial charge in [0.05, 0.1) is 17.8 Å². The van der Waals surface area contributed by atoms with E-state index in [1.807, 2.05) is 6.07 Å². The molecule has 0 atom stereocenters. The molecule has 0 aliphatic carbocycles. The Balaban J connectivity index is 2.34. The molecule has 7 nitrogen and oxygen atoms in total. The van der Waals surface area contributed by atoms with Crippen molar-refractivity contribution in [2.24, 2.45) is 5.84 Å². The van der Waals surface area contributed by atoms with Crippen LogP contribution in [0.2, 0.25) is 5.02 Å². The molecule has 19 heavy (non-hydrogen) atoms. The van der Waals surface area contributed by atoms with Gasteiger partial charge in [0, 0.05) is 4.47 Å². The summed E-state index contributed by atoms with van der Waals surface area (Å²) >= 11 is 9.42. The topological polar surface area (TPSA) is 98.0 Å². The van der Waals surface area contributed by atoms with Gasteiger partial charge in [-0.2, -0.15) is 15.0 Å². The molecule has 0 saturated carbocycles. The number of methoxy groups -OCH3 is 1. The molecule has 4 N–H and O–H groups in total. The zero-order chi connectivity index (χ0) is 13.8. The molecule has 0 unspecified atom stereocenters. The van der Waals surface area contributed by atoms with Crippen molar-refractivity contribution in [2.45, 2.75) is 0 Å². The number of nitrogens with zero attached hydrogens (tertiary/aromatic N) is 3. The van der Waals surface area contributed by atoms with Crippen molar-refractivity contribution in [1.29, 1.82) is 0 Å². The summed E-state index contributed by atoms with van der Waals surface area (Å²) in [7, 11) is 1.45. The Bertz CT molecular complexity index is 574. The van der Waals surface area contributed by atoms with E-state index in [1.54, 1.807) is 12.1 Å². The number of hydrogen-bond acceptors (Lipinski definition) is 7. The number of benzene rings is 1. The average Bonchev–Trinajstić information content (AvgIpc) is 2.42. The van der Waals surface area contributed by atoms with Crippen molar-refractivity contribution in [3.05, 3.63) is 27.7 Å². The molecule has 100 valence electrons. The zero-order valence-electron chi connectivity index (χ0n) is 9.82. The Labute approximate surface area is 122 Å². The van der Waals surface area contributed by atoms with Gasteiger partial charge >= 0.3 is 6.01 Å². The summed E-state index contributed by atoms with van der Waals surface area (Å²) in [4.78, 5) is 12.0. The number of hydrogen-bond donors (Lipinski definition) is 3. The third kappa shape index (κ3) is 3.43. The van der Waals surface area contributed by atoms with E-state index < -0.39 is 0 Å². The first kappa shape index (κ1) is 13.8. The number of nitrogens with two attached hydrogens (primary N) is 1. The number of halogens is 2. The molecule has 0 saturated heterocycles. The molecule has 0 spiro atoms. The van der Waals surface area contributed by atoms with Crippen molar-refractivity contribution < 1.29 is 4.74 Å². The van der Waals surface area contributed by atoms with Crippen LogP contribution in [0.4, 0.5) is 17.6 Å². The highest BCUT2D eigenvalue weighted by atomic mass is 79.9. The number of nitrogens with one attached hydrogen (secondary N) is 2. The largest absolute Gasteiger partial charge is 0.467 e. The van der Waals surface area contributed by atoms with E-state index in [0.717, 1.165) is 4.47 Å². The smallest absolute Gasteiger partial charge is 0.322 e. The highest BCUT2D eigenvalue weighted by Crippen LogP contribution is 2.28. The maximum Gasteiger partial charge on any atom is 0.322 e. The van der Waals surface area contributed by atoms with Gasteiger partial charge in [-0.15, -0.1) is 0 Å². The first-order chi connectivity index (χ1) is 9.12. The summed E-state index contributed by atoms with van der Waals surface area (Å²) in [6.07, 6.45) is 0. The van der Waals surface area contributed by atoms with Gasteiger partial charge < -0.3 is 10.1 Å². The summed E-state index contributed by atoms with van der Waals surface area (Å²) in [5.41, 5.74) is 2.97. The van der Waals surface area contributed by atoms with Crippen LogP contribution in [-0.4, -0.2) is 22.1 Å². The van der Waals surface area contributed by atoms with Crippen LogP contribution in [-0.2, 0) is 0 Å². The summed E-state index contributed by atoms with van der Waals surface area (Å²) in [5.74, 6) is 5.71. The van der Waals surface area contributed by atoms with Gasteiger partial charge in [-0.25, -0.2) is 5.84 Å². The van der Waals surface area contributed by atoms with Crippen LogP contribution in [0.5, 0.6) is 6.01 Å². The van der Waals surface area contributed by atoms with Crippen molar-refractivity contribution in [3.8, 4) is 6.01 Å². The molecule has 9 heteroatoms. The van der Waals surface area contributed by atoms with Gasteiger partial charge in [0.15, 0.2) is 0 Å². The van der Waals surface area contributed by atoms with E-state index in [1.165, 1.54) is 7.11 Å². The lowest BCUT2D eigenvalue weighted by atomic mass is 10.3. The van der Waals surface area contributed by atoms with Crippen LogP contribution in [0, 0.1) is 0 Å². The second-order valence-electron chi connectivity index (χ2n) is 3.36. The van der Waals surface area contributed by atoms with Crippen LogP contribution >= 0.6 is 27.5 Å². The number of nitrogen functional groups attached to an aromatic ring is 1. The van der Waals surface area contributed by atoms with Gasteiger partial charge in [-0.05, 0) is 18.2 Å². The number of hydrazine groups is 1. The first-order valence-electron chi connectivity index (χ1n) is 5.11. The Morgan fingerprint density at radius 3 is 2.68 bits per heavy atom. The van der Waals surface area contributed by atoms with E-state index in [0.29, 0.717) is 10.7 Å². The van der Waals surface area contributed by atoms with Crippen LogP contribution in [0.15, 0.2) is 22.7 Å². The number of ether oxygens (including phenoxy) is 1. The second-order valence-corrected chi connectivity index (χ2v) is 4.69. The average molecular weight is 346 g/mol. The molecule has 0 aliphatic rings. The standard InChI is InChI=1S/C10H10BrClN6O/c1-19-10-16-8(15-9(17-10)18-13)14-7-4-5(11)2-3-6(7)12/h2-4H,13H2,1H3,(H2,14,15,16,17,18). The van der Waals surface area contributed by atoms with E-state index in [9.17, 15) is 0 Å². The van der Waals surface area contributed by atoms with Gasteiger partial charge in [-0.1, -0.05) is 27.5 Å². The lowest BCUT2D eigenvalue weighted by molar-refractivity contribution is 0.379. The summed E-state index contributed by atoms with van der Waals surface area (Å²) in [5, 5.41) is 3.49. The maximum atomic E-state index is 6.07. The summed E-state index contributed by atoms with van der Waals surface area (Å²) in [6.45, 7) is 0. The monoisotopic (exact) mass is 344 g/mol. The van der Waals surface area contributed by atoms with E-state index in [-0.39, 0.29) is 17.9 Å². The van der Waals surface area contributed by atoms with Crippen LogP contribution in [0.3, 0.4) is 0 Å². The third-order valence-corrected chi connectivity index (χ3v) is 2.92. The van der Waals surface area contributed by atoms with E-state index >= 15 is 0 Å². The fourth-order valence-corrected chi connectivity index (χ4v) is 1.81. The minimum absolute atomic E-state index is 0.136. The van der Waals surface area contributed by atoms with Gasteiger partial charge in [-0.3, -0.25) is 5.43 Å². The number of aromatic nitrogens is 3. The zero-order valence-corrected chi connectivity index (χ0v) is 12.2. The Morgan fingerprint density at radius 1 is 1.26 bits per heavy atom. The minimum atomic E-state index is 0.136. The maximum absolute atomic E-state index is 6.07. The van der Waals surface area contributed by atoms with Crippen molar-refractivity contribution in [1.82, 2.24) is 15.0 Å². The van der Waals surface area contributed by atoms with Gasteiger partial charge in [0.25, 0.3) is 0 Å². The van der Waals surface area contributed by atoms with Gasteiger partial charge in [0.1, 0.15) is 0 Å². The third-order valence-electron chi connectivity index (χ3n) is 2.10. The fourth-order valence-electron chi connectivity index (χ4n) is 1.28. The Hall–Kier alpha value is -1.64. The highest BCUT2D eigenvalue weighted by Gasteiger charge is 2.08. The van der Waals surface area contributed by atoms with Crippen LogP contribution < -0.4 is 21.3 Å². The number of rotatable bonds is 4. The Kier molecular flexibility index (Phi) is 4.35. The lowest BCUT2D eigenvalue weighted by Crippen LogP contribution is -2.13. The molecule has 1 aromatic carbocycles.